The Morgan fingerprint density at radius 3 is 2.33 bits per heavy atom. The Bertz CT molecular complexity index is 1190. The summed E-state index contributed by atoms with van der Waals surface area (Å²) in [5.74, 6) is -1.18. The molecule has 0 heterocycles. The maximum absolute atomic E-state index is 13.4. The zero-order valence-electron chi connectivity index (χ0n) is 15.8. The summed E-state index contributed by atoms with van der Waals surface area (Å²) in [5, 5.41) is 2.89. The van der Waals surface area contributed by atoms with E-state index in [0.29, 0.717) is 0 Å². The molecule has 3 aromatic carbocycles. The third kappa shape index (κ3) is 5.11. The average molecular weight is 467 g/mol. The highest BCUT2D eigenvalue weighted by molar-refractivity contribution is 7.92. The summed E-state index contributed by atoms with van der Waals surface area (Å²) in [6.45, 7) is 1.28. The van der Waals surface area contributed by atoms with Crippen molar-refractivity contribution in [2.45, 2.75) is 11.8 Å². The summed E-state index contributed by atoms with van der Waals surface area (Å²) >= 11 is 12.0. The van der Waals surface area contributed by atoms with Crippen LogP contribution in [0.5, 0.6) is 0 Å². The lowest BCUT2D eigenvalue weighted by Crippen LogP contribution is -2.38. The number of rotatable bonds is 6. The summed E-state index contributed by atoms with van der Waals surface area (Å²) in [6.07, 6.45) is 0. The minimum Gasteiger partial charge on any atom is -0.324 e. The molecule has 9 heteroatoms. The molecule has 0 aliphatic carbocycles. The number of carbonyl (C=O) groups excluding carboxylic acids is 1. The van der Waals surface area contributed by atoms with Crippen molar-refractivity contribution in [3.8, 4) is 0 Å². The number of sulfonamides is 1. The number of aryl methyl sites for hydroxylation is 1. The number of carbonyl (C=O) groups is 1. The molecule has 5 nitrogen and oxygen atoms in total. The molecule has 0 saturated heterocycles. The van der Waals surface area contributed by atoms with Crippen LogP contribution in [-0.2, 0) is 14.8 Å². The van der Waals surface area contributed by atoms with Gasteiger partial charge in [0, 0.05) is 5.69 Å². The fraction of sp³-hybridized carbons (Fsp3) is 0.0952. The largest absolute Gasteiger partial charge is 0.324 e. The minimum atomic E-state index is -4.10. The molecule has 0 fully saturated rings. The van der Waals surface area contributed by atoms with Gasteiger partial charge in [0.25, 0.3) is 10.0 Å². The first kappa shape index (κ1) is 22.1. The molecule has 0 aliphatic heterocycles. The number of hydrogen-bond acceptors (Lipinski definition) is 3. The summed E-state index contributed by atoms with van der Waals surface area (Å²) in [5.41, 5.74) is 1.26. The normalized spacial score (nSPS) is 11.2. The SMILES string of the molecule is Cc1ccc(S(=O)(=O)N(CC(=O)Nc2cccc(F)c2)c2ccc(Cl)c(Cl)c2)cc1. The highest BCUT2D eigenvalue weighted by atomic mass is 35.5. The maximum atomic E-state index is 13.4. The van der Waals surface area contributed by atoms with E-state index in [1.54, 1.807) is 12.1 Å². The number of hydrogen-bond donors (Lipinski definition) is 1. The lowest BCUT2D eigenvalue weighted by atomic mass is 10.2. The van der Waals surface area contributed by atoms with Gasteiger partial charge in [0.15, 0.2) is 0 Å². The Kier molecular flexibility index (Phi) is 6.65. The fourth-order valence-electron chi connectivity index (χ4n) is 2.69. The zero-order chi connectivity index (χ0) is 21.9. The van der Waals surface area contributed by atoms with Crippen LogP contribution in [0.15, 0.2) is 71.6 Å². The highest BCUT2D eigenvalue weighted by Gasteiger charge is 2.27. The van der Waals surface area contributed by atoms with Crippen LogP contribution in [0.25, 0.3) is 0 Å². The smallest absolute Gasteiger partial charge is 0.264 e. The van der Waals surface area contributed by atoms with E-state index in [0.717, 1.165) is 15.9 Å². The fourth-order valence-corrected chi connectivity index (χ4v) is 4.40. The summed E-state index contributed by atoms with van der Waals surface area (Å²) in [6, 6.07) is 15.8. The van der Waals surface area contributed by atoms with Crippen molar-refractivity contribution >= 4 is 50.5 Å². The predicted molar refractivity (Wildman–Crippen MR) is 117 cm³/mol. The van der Waals surface area contributed by atoms with Gasteiger partial charge in [-0.3, -0.25) is 9.10 Å². The molecule has 0 radical (unpaired) electrons. The molecular formula is C21H17Cl2FN2O3S. The first-order valence-corrected chi connectivity index (χ1v) is 11.0. The van der Waals surface area contributed by atoms with Crippen LogP contribution in [0.3, 0.4) is 0 Å². The van der Waals surface area contributed by atoms with Crippen molar-refractivity contribution in [2.24, 2.45) is 0 Å². The standard InChI is InChI=1S/C21H17Cl2FN2O3S/c1-14-5-8-18(9-6-14)30(28,29)26(17-7-10-19(22)20(23)12-17)13-21(27)25-16-4-2-3-15(24)11-16/h2-12H,13H2,1H3,(H,25,27). The second-order valence-corrected chi connectivity index (χ2v) is 9.16. The second-order valence-electron chi connectivity index (χ2n) is 6.48. The van der Waals surface area contributed by atoms with E-state index >= 15 is 0 Å². The molecule has 0 saturated carbocycles. The third-order valence-corrected chi connectivity index (χ3v) is 6.72. The van der Waals surface area contributed by atoms with Crippen molar-refractivity contribution in [1.82, 2.24) is 0 Å². The van der Waals surface area contributed by atoms with Gasteiger partial charge >= 0.3 is 0 Å². The Hall–Kier alpha value is -2.61. The minimum absolute atomic E-state index is 0.0118. The van der Waals surface area contributed by atoms with Crippen LogP contribution in [0.1, 0.15) is 5.56 Å². The number of amides is 1. The predicted octanol–water partition coefficient (Wildman–Crippen LogP) is 5.27. The topological polar surface area (TPSA) is 66.5 Å². The molecule has 0 bridgehead atoms. The van der Waals surface area contributed by atoms with Gasteiger partial charge < -0.3 is 5.32 Å². The Balaban J connectivity index is 1.97. The Labute approximate surface area is 184 Å². The van der Waals surface area contributed by atoms with E-state index in [1.807, 2.05) is 6.92 Å². The first-order valence-electron chi connectivity index (χ1n) is 8.77. The van der Waals surface area contributed by atoms with Crippen molar-refractivity contribution in [3.63, 3.8) is 0 Å². The Morgan fingerprint density at radius 2 is 1.70 bits per heavy atom. The number of anilines is 2. The van der Waals surface area contributed by atoms with Crippen LogP contribution in [0.4, 0.5) is 15.8 Å². The zero-order valence-corrected chi connectivity index (χ0v) is 18.1. The van der Waals surface area contributed by atoms with E-state index in [4.69, 9.17) is 23.2 Å². The van der Waals surface area contributed by atoms with Gasteiger partial charge in [0.2, 0.25) is 5.91 Å². The lowest BCUT2D eigenvalue weighted by Gasteiger charge is -2.24. The molecular weight excluding hydrogens is 450 g/mol. The van der Waals surface area contributed by atoms with E-state index in [2.05, 4.69) is 5.32 Å². The molecule has 3 rings (SSSR count). The van der Waals surface area contributed by atoms with Gasteiger partial charge in [-0.2, -0.15) is 0 Å². The summed E-state index contributed by atoms with van der Waals surface area (Å²) in [4.78, 5) is 12.6. The first-order chi connectivity index (χ1) is 14.2. The van der Waals surface area contributed by atoms with Crippen LogP contribution in [0.2, 0.25) is 10.0 Å². The van der Waals surface area contributed by atoms with Crippen molar-refractivity contribution < 1.29 is 17.6 Å². The molecule has 30 heavy (non-hydrogen) atoms. The van der Waals surface area contributed by atoms with Crippen molar-refractivity contribution in [3.05, 3.63) is 88.2 Å². The van der Waals surface area contributed by atoms with E-state index in [9.17, 15) is 17.6 Å². The second kappa shape index (κ2) is 9.04. The van der Waals surface area contributed by atoms with E-state index < -0.39 is 28.3 Å². The molecule has 0 atom stereocenters. The Morgan fingerprint density at radius 1 is 1.00 bits per heavy atom. The molecule has 1 amide bonds. The van der Waals surface area contributed by atoms with Crippen LogP contribution in [0, 0.1) is 12.7 Å². The number of halogens is 3. The molecule has 0 unspecified atom stereocenters. The maximum Gasteiger partial charge on any atom is 0.264 e. The molecule has 0 aromatic heterocycles. The lowest BCUT2D eigenvalue weighted by molar-refractivity contribution is -0.114. The molecule has 0 aliphatic rings. The van der Waals surface area contributed by atoms with Crippen LogP contribution < -0.4 is 9.62 Å². The monoisotopic (exact) mass is 466 g/mol. The highest BCUT2D eigenvalue weighted by Crippen LogP contribution is 2.30. The van der Waals surface area contributed by atoms with Gasteiger partial charge in [-0.05, 0) is 55.5 Å². The number of nitrogens with one attached hydrogen (secondary N) is 1. The van der Waals surface area contributed by atoms with Crippen molar-refractivity contribution in [1.29, 1.82) is 0 Å². The van der Waals surface area contributed by atoms with E-state index in [1.165, 1.54) is 48.5 Å². The van der Waals surface area contributed by atoms with Crippen LogP contribution >= 0.6 is 23.2 Å². The molecule has 3 aromatic rings. The van der Waals surface area contributed by atoms with Crippen molar-refractivity contribution in [2.75, 3.05) is 16.2 Å². The summed E-state index contributed by atoms with van der Waals surface area (Å²) in [7, 11) is -4.10. The van der Waals surface area contributed by atoms with Gasteiger partial charge in [-0.15, -0.1) is 0 Å². The van der Waals surface area contributed by atoms with Gasteiger partial charge in [0.05, 0.1) is 20.6 Å². The molecule has 0 spiro atoms. The van der Waals surface area contributed by atoms with Gasteiger partial charge in [0.1, 0.15) is 12.4 Å². The van der Waals surface area contributed by atoms with Gasteiger partial charge in [-0.1, -0.05) is 47.0 Å². The molecule has 1 N–H and O–H groups in total. The average Bonchev–Trinajstić information content (AvgIpc) is 2.68. The molecule has 156 valence electrons. The van der Waals surface area contributed by atoms with E-state index in [-0.39, 0.29) is 26.3 Å². The number of benzene rings is 3. The number of nitrogens with zero attached hydrogens (tertiary/aromatic N) is 1. The van der Waals surface area contributed by atoms with Crippen LogP contribution in [-0.4, -0.2) is 20.9 Å². The van der Waals surface area contributed by atoms with Gasteiger partial charge in [-0.25, -0.2) is 12.8 Å². The quantitative estimate of drug-likeness (QED) is 0.537. The summed E-state index contributed by atoms with van der Waals surface area (Å²) < 4.78 is 40.9. The third-order valence-electron chi connectivity index (χ3n) is 4.20.